The zero-order valence-electron chi connectivity index (χ0n) is 12.7. The third-order valence-electron chi connectivity index (χ3n) is 3.23. The van der Waals surface area contributed by atoms with Gasteiger partial charge in [0.25, 0.3) is 0 Å². The smallest absolute Gasteiger partial charge is 0.240 e. The summed E-state index contributed by atoms with van der Waals surface area (Å²) in [6.07, 6.45) is 10.6. The van der Waals surface area contributed by atoms with Gasteiger partial charge in [0, 0.05) is 6.42 Å². The average Bonchev–Trinajstić information content (AvgIpc) is 2.98. The summed E-state index contributed by atoms with van der Waals surface area (Å²) >= 11 is 0. The summed E-state index contributed by atoms with van der Waals surface area (Å²) in [4.78, 5) is 11.6. The highest BCUT2D eigenvalue weighted by Gasteiger charge is 2.02. The molecule has 4 heteroatoms. The molecule has 0 atom stereocenters. The second-order valence-electron chi connectivity index (χ2n) is 5.08. The van der Waals surface area contributed by atoms with Gasteiger partial charge in [-0.05, 0) is 25.5 Å². The Kier molecular flexibility index (Phi) is 8.43. The highest BCUT2D eigenvalue weighted by Crippen LogP contribution is 2.08. The third-order valence-corrected chi connectivity index (χ3v) is 3.23. The van der Waals surface area contributed by atoms with Crippen LogP contribution in [0.5, 0.6) is 0 Å². The van der Waals surface area contributed by atoms with Gasteiger partial charge in [-0.25, -0.2) is 5.43 Å². The van der Waals surface area contributed by atoms with Gasteiger partial charge in [0.1, 0.15) is 11.5 Å². The lowest BCUT2D eigenvalue weighted by molar-refractivity contribution is -0.121. The maximum atomic E-state index is 11.6. The fourth-order valence-corrected chi connectivity index (χ4v) is 1.98. The largest absolute Gasteiger partial charge is 0.463 e. The van der Waals surface area contributed by atoms with Crippen molar-refractivity contribution in [3.8, 4) is 0 Å². The van der Waals surface area contributed by atoms with E-state index in [1.54, 1.807) is 12.3 Å². The van der Waals surface area contributed by atoms with Gasteiger partial charge in [0.15, 0.2) is 0 Å². The molecule has 0 aromatic carbocycles. The standard InChI is InChI=1S/C16H26N2O2/c1-3-4-5-6-7-8-9-12-16(19)18-17-14(2)15-11-10-13-20-15/h10-11,13H,3-9,12H2,1-2H3,(H,18,19)/b17-14+. The summed E-state index contributed by atoms with van der Waals surface area (Å²) in [5, 5.41) is 4.03. The number of furan rings is 1. The molecule has 0 aliphatic heterocycles. The minimum Gasteiger partial charge on any atom is -0.463 e. The van der Waals surface area contributed by atoms with Crippen LogP contribution in [0.3, 0.4) is 0 Å². The van der Waals surface area contributed by atoms with E-state index >= 15 is 0 Å². The van der Waals surface area contributed by atoms with Gasteiger partial charge in [-0.2, -0.15) is 5.10 Å². The Balaban J connectivity index is 2.07. The van der Waals surface area contributed by atoms with Crippen molar-refractivity contribution < 1.29 is 9.21 Å². The van der Waals surface area contributed by atoms with Crippen LogP contribution in [-0.2, 0) is 4.79 Å². The lowest BCUT2D eigenvalue weighted by Crippen LogP contribution is -2.18. The number of carbonyl (C=O) groups is 1. The van der Waals surface area contributed by atoms with E-state index in [4.69, 9.17) is 4.42 Å². The molecule has 0 aliphatic carbocycles. The summed E-state index contributed by atoms with van der Waals surface area (Å²) in [5.41, 5.74) is 3.25. The molecule has 0 spiro atoms. The molecule has 1 heterocycles. The molecule has 0 saturated carbocycles. The Bertz CT molecular complexity index is 397. The Hall–Kier alpha value is -1.58. The minimum absolute atomic E-state index is 0.0236. The normalized spacial score (nSPS) is 11.6. The molecule has 0 unspecified atom stereocenters. The first-order chi connectivity index (χ1) is 9.74. The second kappa shape index (κ2) is 10.2. The number of nitrogens with zero attached hydrogens (tertiary/aromatic N) is 1. The van der Waals surface area contributed by atoms with E-state index < -0.39 is 0 Å². The number of hydrogen-bond acceptors (Lipinski definition) is 3. The lowest BCUT2D eigenvalue weighted by atomic mass is 10.1. The lowest BCUT2D eigenvalue weighted by Gasteiger charge is -2.02. The average molecular weight is 278 g/mol. The number of amides is 1. The number of hydrogen-bond donors (Lipinski definition) is 1. The van der Waals surface area contributed by atoms with Crippen molar-refractivity contribution in [2.75, 3.05) is 0 Å². The number of rotatable bonds is 10. The summed E-state index contributed by atoms with van der Waals surface area (Å²) in [6, 6.07) is 3.62. The molecule has 112 valence electrons. The van der Waals surface area contributed by atoms with E-state index in [0.717, 1.165) is 12.8 Å². The SMILES string of the molecule is CCCCCCCCCC(=O)N/N=C(\C)c1ccco1. The molecule has 4 nitrogen and oxygen atoms in total. The van der Waals surface area contributed by atoms with Crippen molar-refractivity contribution in [1.29, 1.82) is 0 Å². The van der Waals surface area contributed by atoms with Crippen molar-refractivity contribution in [2.45, 2.75) is 65.2 Å². The predicted molar refractivity (Wildman–Crippen MR) is 81.7 cm³/mol. The molecule has 20 heavy (non-hydrogen) atoms. The third kappa shape index (κ3) is 7.12. The van der Waals surface area contributed by atoms with Crippen molar-refractivity contribution in [1.82, 2.24) is 5.43 Å². The molecule has 0 radical (unpaired) electrons. The molecule has 0 aliphatic rings. The molecule has 1 aromatic rings. The molecular formula is C16H26N2O2. The van der Waals surface area contributed by atoms with E-state index in [9.17, 15) is 4.79 Å². The van der Waals surface area contributed by atoms with E-state index in [1.807, 2.05) is 13.0 Å². The second-order valence-corrected chi connectivity index (χ2v) is 5.08. The first-order valence-electron chi connectivity index (χ1n) is 7.61. The van der Waals surface area contributed by atoms with Crippen LogP contribution in [-0.4, -0.2) is 11.6 Å². The van der Waals surface area contributed by atoms with Gasteiger partial charge in [0.05, 0.1) is 6.26 Å². The van der Waals surface area contributed by atoms with Crippen molar-refractivity contribution in [2.24, 2.45) is 5.10 Å². The highest BCUT2D eigenvalue weighted by atomic mass is 16.3. The van der Waals surface area contributed by atoms with Crippen molar-refractivity contribution in [3.63, 3.8) is 0 Å². The number of nitrogens with one attached hydrogen (secondary N) is 1. The molecular weight excluding hydrogens is 252 g/mol. The van der Waals surface area contributed by atoms with Crippen LogP contribution >= 0.6 is 0 Å². The first-order valence-corrected chi connectivity index (χ1v) is 7.61. The van der Waals surface area contributed by atoms with Gasteiger partial charge >= 0.3 is 0 Å². The number of unbranched alkanes of at least 4 members (excludes halogenated alkanes) is 6. The maximum Gasteiger partial charge on any atom is 0.240 e. The van der Waals surface area contributed by atoms with Crippen LogP contribution in [0.15, 0.2) is 27.9 Å². The van der Waals surface area contributed by atoms with Crippen LogP contribution in [0, 0.1) is 0 Å². The number of carbonyl (C=O) groups excluding carboxylic acids is 1. The van der Waals surface area contributed by atoms with Crippen molar-refractivity contribution in [3.05, 3.63) is 24.2 Å². The Morgan fingerprint density at radius 2 is 1.90 bits per heavy atom. The molecule has 1 rings (SSSR count). The van der Waals surface area contributed by atoms with Gasteiger partial charge in [-0.15, -0.1) is 0 Å². The van der Waals surface area contributed by atoms with Crippen molar-refractivity contribution >= 4 is 11.6 Å². The Morgan fingerprint density at radius 3 is 2.55 bits per heavy atom. The monoisotopic (exact) mass is 278 g/mol. The van der Waals surface area contributed by atoms with Crippen LogP contribution in [0.4, 0.5) is 0 Å². The molecule has 1 amide bonds. The van der Waals surface area contributed by atoms with Gasteiger partial charge < -0.3 is 4.42 Å². The molecule has 0 saturated heterocycles. The van der Waals surface area contributed by atoms with E-state index in [1.165, 1.54) is 32.1 Å². The summed E-state index contributed by atoms with van der Waals surface area (Å²) in [7, 11) is 0. The zero-order chi connectivity index (χ0) is 14.6. The van der Waals surface area contributed by atoms with E-state index in [-0.39, 0.29) is 5.91 Å². The fraction of sp³-hybridized carbons (Fsp3) is 0.625. The van der Waals surface area contributed by atoms with Gasteiger partial charge in [0.2, 0.25) is 5.91 Å². The molecule has 1 aromatic heterocycles. The van der Waals surface area contributed by atoms with Gasteiger partial charge in [-0.1, -0.05) is 45.4 Å². The quantitative estimate of drug-likeness (QED) is 0.395. The first kappa shape index (κ1) is 16.5. The Morgan fingerprint density at radius 1 is 1.20 bits per heavy atom. The summed E-state index contributed by atoms with van der Waals surface area (Å²) < 4.78 is 5.19. The zero-order valence-corrected chi connectivity index (χ0v) is 12.7. The number of hydrazone groups is 1. The predicted octanol–water partition coefficient (Wildman–Crippen LogP) is 4.26. The molecule has 0 bridgehead atoms. The van der Waals surface area contributed by atoms with E-state index in [2.05, 4.69) is 17.5 Å². The van der Waals surface area contributed by atoms with Crippen LogP contribution in [0.2, 0.25) is 0 Å². The Labute approximate surface area is 121 Å². The maximum absolute atomic E-state index is 11.6. The van der Waals surface area contributed by atoms with Crippen LogP contribution < -0.4 is 5.43 Å². The van der Waals surface area contributed by atoms with Gasteiger partial charge in [-0.3, -0.25) is 4.79 Å². The summed E-state index contributed by atoms with van der Waals surface area (Å²) in [5.74, 6) is 0.658. The van der Waals surface area contributed by atoms with Crippen LogP contribution in [0.1, 0.15) is 71.0 Å². The topological polar surface area (TPSA) is 54.6 Å². The minimum atomic E-state index is -0.0236. The molecule has 1 N–H and O–H groups in total. The fourth-order valence-electron chi connectivity index (χ4n) is 1.98. The summed E-state index contributed by atoms with van der Waals surface area (Å²) in [6.45, 7) is 4.03. The highest BCUT2D eigenvalue weighted by molar-refractivity contribution is 5.96. The van der Waals surface area contributed by atoms with E-state index in [0.29, 0.717) is 17.9 Å². The van der Waals surface area contributed by atoms with Crippen LogP contribution in [0.25, 0.3) is 0 Å². The molecule has 0 fully saturated rings.